The van der Waals surface area contributed by atoms with Gasteiger partial charge in [0.15, 0.2) is 0 Å². The number of hydrogen-bond donors (Lipinski definition) is 0. The van der Waals surface area contributed by atoms with Crippen molar-refractivity contribution in [2.24, 2.45) is 54.1 Å². The molecule has 6 aliphatic carbocycles. The molecule has 190 valence electrons. The Hall–Kier alpha value is -1.56. The van der Waals surface area contributed by atoms with E-state index in [2.05, 4.69) is 144 Å². The predicted molar refractivity (Wildman–Crippen MR) is 149 cm³/mol. The standard InChI is InChI=1S/C36H46/c1-25(2)29(8)27(5,6)34(24-21-17-14-18-22-24)33(12)28(7,23-19-15-13-16-20-23)30(9)26(3,4)31(10)32(25,11)36(29,34)35(30,31)33/h13-22H,1-12H3. The number of fused-ring (bicyclic) bond motifs is 2. The molecule has 0 radical (unpaired) electrons. The van der Waals surface area contributed by atoms with Gasteiger partial charge in [-0.2, -0.15) is 0 Å². The van der Waals surface area contributed by atoms with Crippen LogP contribution in [0.15, 0.2) is 60.7 Å². The summed E-state index contributed by atoms with van der Waals surface area (Å²) in [5.74, 6) is 0. The Bertz CT molecular complexity index is 1410. The van der Waals surface area contributed by atoms with Crippen molar-refractivity contribution in [2.45, 2.75) is 93.9 Å². The highest BCUT2D eigenvalue weighted by Crippen LogP contribution is 3.31. The molecule has 2 aromatic carbocycles. The van der Waals surface area contributed by atoms with Gasteiger partial charge in [-0.3, -0.25) is 0 Å². The predicted octanol–water partition coefficient (Wildman–Crippen LogP) is 9.05. The van der Waals surface area contributed by atoms with Gasteiger partial charge in [0, 0.05) is 16.2 Å². The first-order valence-electron chi connectivity index (χ1n) is 14.6. The highest BCUT2D eigenvalue weighted by Gasteiger charge is 3.30. The van der Waals surface area contributed by atoms with E-state index in [0.29, 0.717) is 32.5 Å². The van der Waals surface area contributed by atoms with Gasteiger partial charge in [0.2, 0.25) is 0 Å². The molecule has 6 saturated carbocycles. The summed E-state index contributed by atoms with van der Waals surface area (Å²) in [6, 6.07) is 23.6. The quantitative estimate of drug-likeness (QED) is 0.404. The molecule has 2 aromatic rings. The number of hydrogen-bond acceptors (Lipinski definition) is 0. The van der Waals surface area contributed by atoms with Gasteiger partial charge in [0.25, 0.3) is 0 Å². The van der Waals surface area contributed by atoms with Crippen molar-refractivity contribution in [1.29, 1.82) is 0 Å². The molecule has 0 nitrogen and oxygen atoms in total. The van der Waals surface area contributed by atoms with E-state index < -0.39 is 0 Å². The second-order valence-electron chi connectivity index (χ2n) is 16.6. The van der Waals surface area contributed by atoms with Crippen LogP contribution in [-0.2, 0) is 10.8 Å². The maximum atomic E-state index is 2.78. The van der Waals surface area contributed by atoms with E-state index in [4.69, 9.17) is 0 Å². The molecule has 6 aliphatic rings. The Morgan fingerprint density at radius 2 is 0.778 bits per heavy atom. The first-order chi connectivity index (χ1) is 16.5. The Kier molecular flexibility index (Phi) is 2.93. The fraction of sp³-hybridized carbons (Fsp3) is 0.667. The Labute approximate surface area is 219 Å². The molecule has 0 heteroatoms. The van der Waals surface area contributed by atoms with Gasteiger partial charge in [0.05, 0.1) is 0 Å². The van der Waals surface area contributed by atoms with Crippen molar-refractivity contribution < 1.29 is 0 Å². The minimum Gasteiger partial charge on any atom is -0.0622 e. The molecule has 0 aliphatic heterocycles. The van der Waals surface area contributed by atoms with Crippen LogP contribution in [0.25, 0.3) is 0 Å². The van der Waals surface area contributed by atoms with Gasteiger partial charge in [-0.05, 0) is 59.9 Å². The maximum absolute atomic E-state index is 2.78. The Balaban J connectivity index is 1.57. The largest absolute Gasteiger partial charge is 0.0622 e. The second kappa shape index (κ2) is 4.71. The molecule has 0 N–H and O–H groups in total. The van der Waals surface area contributed by atoms with Crippen molar-refractivity contribution in [3.63, 3.8) is 0 Å². The normalized spacial score (nSPS) is 60.2. The minimum atomic E-state index is 0.102. The van der Waals surface area contributed by atoms with E-state index in [1.165, 1.54) is 0 Å². The molecule has 0 saturated heterocycles. The van der Waals surface area contributed by atoms with Gasteiger partial charge >= 0.3 is 0 Å². The van der Waals surface area contributed by atoms with Crippen LogP contribution >= 0.6 is 0 Å². The zero-order valence-corrected chi connectivity index (χ0v) is 24.8. The van der Waals surface area contributed by atoms with Crippen LogP contribution in [0.4, 0.5) is 0 Å². The lowest BCUT2D eigenvalue weighted by atomic mass is 8.72. The van der Waals surface area contributed by atoms with E-state index in [0.717, 1.165) is 0 Å². The monoisotopic (exact) mass is 478 g/mol. The van der Waals surface area contributed by atoms with Gasteiger partial charge in [-0.15, -0.1) is 0 Å². The zero-order valence-electron chi connectivity index (χ0n) is 24.8. The SMILES string of the molecule is CC1(C)C2(C)C(C)(c3ccccc3)C3(C)C4(c5ccccc5)C(C)(C)C5(C)C(C)(C)C6(C)C1(C)C23C564. The first-order valence-corrected chi connectivity index (χ1v) is 14.6. The highest BCUT2D eigenvalue weighted by molar-refractivity contribution is 5.81. The summed E-state index contributed by atoms with van der Waals surface area (Å²) in [7, 11) is 0. The highest BCUT2D eigenvalue weighted by atomic mass is 15.3. The summed E-state index contributed by atoms with van der Waals surface area (Å²) < 4.78 is 0. The summed E-state index contributed by atoms with van der Waals surface area (Å²) in [5, 5.41) is 0. The van der Waals surface area contributed by atoms with Crippen LogP contribution in [0.1, 0.15) is 94.2 Å². The van der Waals surface area contributed by atoms with Crippen molar-refractivity contribution in [3.8, 4) is 0 Å². The van der Waals surface area contributed by atoms with E-state index in [1.54, 1.807) is 11.1 Å². The van der Waals surface area contributed by atoms with Crippen LogP contribution in [0.5, 0.6) is 0 Å². The summed E-state index contributed by atoms with van der Waals surface area (Å²) in [6.45, 7) is 32.4. The van der Waals surface area contributed by atoms with Crippen LogP contribution in [-0.4, -0.2) is 0 Å². The topological polar surface area (TPSA) is 0 Å². The van der Waals surface area contributed by atoms with E-state index in [1.807, 2.05) is 0 Å². The van der Waals surface area contributed by atoms with Crippen molar-refractivity contribution in [2.75, 3.05) is 0 Å². The molecule has 36 heavy (non-hydrogen) atoms. The molecule has 0 amide bonds. The Morgan fingerprint density at radius 3 is 1.28 bits per heavy atom. The lowest BCUT2D eigenvalue weighted by Crippen LogP contribution is -3.29. The third kappa shape index (κ3) is 0.996. The Morgan fingerprint density at radius 1 is 0.361 bits per heavy atom. The van der Waals surface area contributed by atoms with E-state index in [-0.39, 0.29) is 32.5 Å². The molecule has 9 atom stereocenters. The molecule has 8 rings (SSSR count). The van der Waals surface area contributed by atoms with E-state index in [9.17, 15) is 0 Å². The fourth-order valence-electron chi connectivity index (χ4n) is 17.9. The molecule has 0 heterocycles. The molecular weight excluding hydrogens is 432 g/mol. The maximum Gasteiger partial charge on any atom is 0.0151 e. The van der Waals surface area contributed by atoms with Gasteiger partial charge in [-0.1, -0.05) is 144 Å². The fourth-order valence-corrected chi connectivity index (χ4v) is 17.9. The molecule has 2 spiro atoms. The third-order valence-corrected chi connectivity index (χ3v) is 18.4. The van der Waals surface area contributed by atoms with Crippen LogP contribution < -0.4 is 0 Å². The summed E-state index contributed by atoms with van der Waals surface area (Å²) in [6.07, 6.45) is 0. The summed E-state index contributed by atoms with van der Waals surface area (Å²) >= 11 is 0. The zero-order chi connectivity index (χ0) is 26.2. The van der Waals surface area contributed by atoms with Crippen molar-refractivity contribution in [1.82, 2.24) is 0 Å². The molecule has 6 fully saturated rings. The minimum absolute atomic E-state index is 0.102. The average Bonchev–Trinajstić information content (AvgIpc) is 2.85. The van der Waals surface area contributed by atoms with Crippen LogP contribution in [0, 0.1) is 54.1 Å². The molecule has 0 bridgehead atoms. The lowest BCUT2D eigenvalue weighted by Gasteiger charge is -3.30. The third-order valence-electron chi connectivity index (χ3n) is 18.4. The van der Waals surface area contributed by atoms with E-state index >= 15 is 0 Å². The average molecular weight is 479 g/mol. The molecular formula is C36H46. The first kappa shape index (κ1) is 22.4. The molecule has 9 unspecified atom stereocenters. The van der Waals surface area contributed by atoms with Gasteiger partial charge in [0.1, 0.15) is 0 Å². The van der Waals surface area contributed by atoms with Crippen LogP contribution in [0.3, 0.4) is 0 Å². The summed E-state index contributed by atoms with van der Waals surface area (Å²) in [5.41, 5.74) is 6.29. The van der Waals surface area contributed by atoms with Gasteiger partial charge < -0.3 is 0 Å². The number of benzene rings is 2. The van der Waals surface area contributed by atoms with Gasteiger partial charge in [-0.25, -0.2) is 0 Å². The second-order valence-corrected chi connectivity index (χ2v) is 16.6. The van der Waals surface area contributed by atoms with Crippen molar-refractivity contribution >= 4 is 0 Å². The lowest BCUT2D eigenvalue weighted by molar-refractivity contribution is -0.822. The smallest absolute Gasteiger partial charge is 0.0151 e. The van der Waals surface area contributed by atoms with Crippen molar-refractivity contribution in [3.05, 3.63) is 71.8 Å². The number of rotatable bonds is 2. The molecule has 0 aromatic heterocycles. The summed E-state index contributed by atoms with van der Waals surface area (Å²) in [4.78, 5) is 0. The van der Waals surface area contributed by atoms with Crippen LogP contribution in [0.2, 0.25) is 0 Å².